The molecule has 2 N–H and O–H groups in total. The van der Waals surface area contributed by atoms with Crippen LogP contribution in [0.5, 0.6) is 0 Å². The van der Waals surface area contributed by atoms with Crippen LogP contribution in [-0.4, -0.2) is 41.5 Å². The zero-order valence-corrected chi connectivity index (χ0v) is 33.3. The topological polar surface area (TPSA) is 137 Å². The molecule has 0 amide bonds. The molecule has 2 unspecified atom stereocenters. The van der Waals surface area contributed by atoms with Crippen LogP contribution in [0, 0.1) is 20.2 Å². The van der Waals surface area contributed by atoms with Gasteiger partial charge in [0.2, 0.25) is 5.60 Å². The van der Waals surface area contributed by atoms with Crippen molar-refractivity contribution >= 4 is 44.8 Å². The van der Waals surface area contributed by atoms with Crippen molar-refractivity contribution in [3.05, 3.63) is 224 Å². The minimum atomic E-state index is -5.25. The van der Waals surface area contributed by atoms with Crippen LogP contribution in [-0.2, 0) is 18.7 Å². The lowest BCUT2D eigenvalue weighted by Crippen LogP contribution is -2.47. The molecule has 326 valence electrons. The van der Waals surface area contributed by atoms with Gasteiger partial charge in [0, 0.05) is 71.6 Å². The summed E-state index contributed by atoms with van der Waals surface area (Å²) in [7, 11) is 0. The van der Waals surface area contributed by atoms with Gasteiger partial charge in [-0.25, -0.2) is 0 Å². The minimum Gasteiger partial charge on any atom is -0.385 e. The Kier molecular flexibility index (Phi) is 12.5. The second-order valence-electron chi connectivity index (χ2n) is 14.8. The summed E-state index contributed by atoms with van der Waals surface area (Å²) in [5.41, 5.74) is -3.14. The van der Waals surface area contributed by atoms with E-state index in [-0.39, 0.29) is 46.5 Å². The Labute approximate surface area is 360 Å². The fourth-order valence-corrected chi connectivity index (χ4v) is 7.49. The third kappa shape index (κ3) is 9.28. The van der Waals surface area contributed by atoms with Crippen molar-refractivity contribution in [2.24, 2.45) is 0 Å². The molecule has 16 heteroatoms. The third-order valence-electron chi connectivity index (χ3n) is 10.6. The monoisotopic (exact) mass is 878 g/mol. The molecular formula is C48H36F6N4O6. The molecule has 6 aromatic carbocycles. The number of alkyl halides is 6. The van der Waals surface area contributed by atoms with Gasteiger partial charge in [-0.2, -0.15) is 26.3 Å². The lowest BCUT2D eigenvalue weighted by atomic mass is 9.83. The first-order valence-corrected chi connectivity index (χ1v) is 19.4. The molecule has 10 nitrogen and oxygen atoms in total. The van der Waals surface area contributed by atoms with E-state index in [0.717, 1.165) is 35.5 Å². The average Bonchev–Trinajstić information content (AvgIpc) is 3.82. The summed E-state index contributed by atoms with van der Waals surface area (Å²) in [5.74, 6) is 0. The summed E-state index contributed by atoms with van der Waals surface area (Å²) < 4.78 is 88.4. The Bertz CT molecular complexity index is 2950. The maximum atomic E-state index is 14.4. The first kappa shape index (κ1) is 44.5. The molecule has 0 aliphatic rings. The molecule has 0 spiro atoms. The molecule has 8 rings (SSSR count). The van der Waals surface area contributed by atoms with E-state index in [9.17, 15) is 56.8 Å². The van der Waals surface area contributed by atoms with Crippen molar-refractivity contribution < 1.29 is 46.4 Å². The van der Waals surface area contributed by atoms with Gasteiger partial charge in [-0.1, -0.05) is 121 Å². The lowest BCUT2D eigenvalue weighted by molar-refractivity contribution is -0.384. The van der Waals surface area contributed by atoms with Gasteiger partial charge in [-0.3, -0.25) is 20.2 Å². The molecule has 64 heavy (non-hydrogen) atoms. The Morgan fingerprint density at radius 3 is 1.52 bits per heavy atom. The second-order valence-corrected chi connectivity index (χ2v) is 14.8. The largest absolute Gasteiger partial charge is 0.424 e. The van der Waals surface area contributed by atoms with Crippen molar-refractivity contribution in [1.29, 1.82) is 0 Å². The number of hydrogen-bond donors (Lipinski definition) is 2. The number of non-ortho nitro benzene ring substituents is 2. The van der Waals surface area contributed by atoms with E-state index in [1.54, 1.807) is 71.3 Å². The Balaban J connectivity index is 0.000000192. The van der Waals surface area contributed by atoms with Gasteiger partial charge in [-0.15, -0.1) is 0 Å². The van der Waals surface area contributed by atoms with Crippen molar-refractivity contribution in [3.8, 4) is 0 Å². The third-order valence-corrected chi connectivity index (χ3v) is 10.6. The molecule has 2 aromatic heterocycles. The van der Waals surface area contributed by atoms with Crippen LogP contribution in [0.3, 0.4) is 0 Å². The standard InChI is InChI=1S/C24H19F3N2O4.C24H17F3N2O2/c25-24(26,27)23(31,22(30)17-9-5-2-6-10-17)20-15-28(14-16-7-3-1-4-8-16)21-13-18(29(32)33)11-12-19(20)21;25-24(26,27)22(13-17-7-3-1-4-8-17)21-16-28(15-18-9-5-2-6-10-18)23-14-19(29(30)31)11-12-20(21)23/h1-13,15,22,30-31H,14H2;1-14,16H,15H2. The van der Waals surface area contributed by atoms with Crippen molar-refractivity contribution in [3.63, 3.8) is 0 Å². The second kappa shape index (κ2) is 18.0. The summed E-state index contributed by atoms with van der Waals surface area (Å²) in [6.07, 6.45) is -8.57. The number of aliphatic hydroxyl groups excluding tert-OH is 1. The van der Waals surface area contributed by atoms with E-state index in [1.165, 1.54) is 59.3 Å². The van der Waals surface area contributed by atoms with E-state index in [2.05, 4.69) is 0 Å². The highest BCUT2D eigenvalue weighted by atomic mass is 19.4. The van der Waals surface area contributed by atoms with Gasteiger partial charge in [0.15, 0.2) is 0 Å². The molecule has 0 aliphatic heterocycles. The van der Waals surface area contributed by atoms with Crippen LogP contribution in [0.15, 0.2) is 170 Å². The van der Waals surface area contributed by atoms with Gasteiger partial charge in [0.1, 0.15) is 6.10 Å². The van der Waals surface area contributed by atoms with E-state index in [0.29, 0.717) is 16.5 Å². The zero-order valence-electron chi connectivity index (χ0n) is 33.3. The number of nitro groups is 2. The Hall–Kier alpha value is -7.56. The number of aliphatic hydroxyl groups is 2. The number of aromatic nitrogens is 2. The van der Waals surface area contributed by atoms with Crippen LogP contribution in [0.25, 0.3) is 33.5 Å². The summed E-state index contributed by atoms with van der Waals surface area (Å²) in [6, 6.07) is 40.7. The van der Waals surface area contributed by atoms with Crippen LogP contribution < -0.4 is 0 Å². The van der Waals surface area contributed by atoms with E-state index in [4.69, 9.17) is 0 Å². The molecule has 2 heterocycles. The average molecular weight is 879 g/mol. The molecular weight excluding hydrogens is 843 g/mol. The summed E-state index contributed by atoms with van der Waals surface area (Å²) in [4.78, 5) is 21.4. The summed E-state index contributed by atoms with van der Waals surface area (Å²) in [6.45, 7) is 0.392. The van der Waals surface area contributed by atoms with Crippen LogP contribution in [0.2, 0.25) is 0 Å². The normalized spacial score (nSPS) is 13.5. The van der Waals surface area contributed by atoms with Crippen LogP contribution >= 0.6 is 0 Å². The Morgan fingerprint density at radius 2 is 1.05 bits per heavy atom. The van der Waals surface area contributed by atoms with E-state index >= 15 is 0 Å². The zero-order chi connectivity index (χ0) is 45.8. The van der Waals surface area contributed by atoms with Gasteiger partial charge >= 0.3 is 12.4 Å². The molecule has 0 bridgehead atoms. The van der Waals surface area contributed by atoms with Crippen molar-refractivity contribution in [2.45, 2.75) is 37.1 Å². The molecule has 2 atom stereocenters. The van der Waals surface area contributed by atoms with E-state index < -0.39 is 45.0 Å². The number of nitrogens with zero attached hydrogens (tertiary/aromatic N) is 4. The fraction of sp³-hybridized carbons (Fsp3) is 0.125. The quantitative estimate of drug-likeness (QED) is 0.0754. The number of fused-ring (bicyclic) bond motifs is 2. The molecule has 0 saturated heterocycles. The molecule has 0 aliphatic carbocycles. The van der Waals surface area contributed by atoms with Gasteiger partial charge in [-0.05, 0) is 40.5 Å². The molecule has 0 fully saturated rings. The van der Waals surface area contributed by atoms with Crippen LogP contribution in [0.1, 0.15) is 39.5 Å². The number of hydrogen-bond acceptors (Lipinski definition) is 6. The molecule has 8 aromatic rings. The van der Waals surface area contributed by atoms with Gasteiger partial charge in [0.25, 0.3) is 11.4 Å². The number of benzene rings is 6. The maximum absolute atomic E-state index is 14.4. The summed E-state index contributed by atoms with van der Waals surface area (Å²) in [5, 5.41) is 44.6. The van der Waals surface area contributed by atoms with Gasteiger partial charge < -0.3 is 19.3 Å². The maximum Gasteiger partial charge on any atom is 0.424 e. The van der Waals surface area contributed by atoms with Gasteiger partial charge in [0.05, 0.1) is 26.5 Å². The highest BCUT2D eigenvalue weighted by Crippen LogP contribution is 2.50. The number of halogens is 6. The number of rotatable bonds is 11. The number of allylic oxidation sites excluding steroid dienone is 1. The first-order chi connectivity index (χ1) is 30.5. The Morgan fingerprint density at radius 1 is 0.609 bits per heavy atom. The number of nitro benzene ring substituents is 2. The molecule has 0 saturated carbocycles. The lowest BCUT2D eigenvalue weighted by Gasteiger charge is -2.35. The summed E-state index contributed by atoms with van der Waals surface area (Å²) >= 11 is 0. The fourth-order valence-electron chi connectivity index (χ4n) is 7.49. The predicted molar refractivity (Wildman–Crippen MR) is 230 cm³/mol. The smallest absolute Gasteiger partial charge is 0.385 e. The SMILES string of the molecule is O=[N+]([O-])c1ccc2c(C(=Cc3ccccc3)C(F)(F)F)cn(Cc3ccccc3)c2c1.O=[N+]([O-])c1ccc2c(C(O)(C(O)c3ccccc3)C(F)(F)F)cn(Cc3ccccc3)c2c1. The minimum absolute atomic E-state index is 0.0165. The highest BCUT2D eigenvalue weighted by molar-refractivity contribution is 5.99. The van der Waals surface area contributed by atoms with Crippen molar-refractivity contribution in [2.75, 3.05) is 0 Å². The van der Waals surface area contributed by atoms with Crippen LogP contribution in [0.4, 0.5) is 37.7 Å². The highest BCUT2D eigenvalue weighted by Gasteiger charge is 2.61. The van der Waals surface area contributed by atoms with Crippen molar-refractivity contribution in [1.82, 2.24) is 9.13 Å². The van der Waals surface area contributed by atoms with E-state index in [1.807, 2.05) is 30.3 Å². The predicted octanol–water partition coefficient (Wildman–Crippen LogP) is 11.8. The molecule has 0 radical (unpaired) electrons. The first-order valence-electron chi connectivity index (χ1n) is 19.4.